The van der Waals surface area contributed by atoms with Crippen LogP contribution in [0.2, 0.25) is 0 Å². The van der Waals surface area contributed by atoms with Crippen molar-refractivity contribution < 1.29 is 4.79 Å². The average molecular weight is 212 g/mol. The van der Waals surface area contributed by atoms with Gasteiger partial charge < -0.3 is 4.90 Å². The van der Waals surface area contributed by atoms with Crippen LogP contribution in [0, 0.1) is 0 Å². The Balaban J connectivity index is 2.42. The van der Waals surface area contributed by atoms with Crippen LogP contribution in [-0.4, -0.2) is 55.4 Å². The second-order valence-electron chi connectivity index (χ2n) is 5.04. The third-order valence-corrected chi connectivity index (χ3v) is 3.64. The molecule has 3 nitrogen and oxygen atoms in total. The predicted molar refractivity (Wildman–Crippen MR) is 63.1 cm³/mol. The smallest absolute Gasteiger partial charge is 0.146 e. The minimum Gasteiger partial charge on any atom is -0.302 e. The van der Waals surface area contributed by atoms with Crippen molar-refractivity contribution in [2.45, 2.75) is 38.1 Å². The Labute approximate surface area is 93.4 Å². The van der Waals surface area contributed by atoms with Gasteiger partial charge >= 0.3 is 0 Å². The highest BCUT2D eigenvalue weighted by Gasteiger charge is 2.39. The standard InChI is InChI=1S/C12H24N2O/c1-5-11(15)9-14(4)10-12(13(2)3)7-6-8-12/h5-10H2,1-4H3. The summed E-state index contributed by atoms with van der Waals surface area (Å²) in [6.45, 7) is 3.55. The Morgan fingerprint density at radius 2 is 1.87 bits per heavy atom. The third kappa shape index (κ3) is 3.02. The SMILES string of the molecule is CCC(=O)CN(C)CC1(N(C)C)CCC1. The van der Waals surface area contributed by atoms with E-state index in [1.54, 1.807) is 0 Å². The zero-order valence-corrected chi connectivity index (χ0v) is 10.5. The van der Waals surface area contributed by atoms with Gasteiger partial charge in [0.1, 0.15) is 5.78 Å². The summed E-state index contributed by atoms with van der Waals surface area (Å²) in [5, 5.41) is 0. The van der Waals surface area contributed by atoms with Gasteiger partial charge in [0, 0.05) is 18.5 Å². The van der Waals surface area contributed by atoms with E-state index in [1.165, 1.54) is 19.3 Å². The van der Waals surface area contributed by atoms with Crippen molar-refractivity contribution in [2.75, 3.05) is 34.2 Å². The molecule has 88 valence electrons. The van der Waals surface area contributed by atoms with Crippen molar-refractivity contribution in [2.24, 2.45) is 0 Å². The summed E-state index contributed by atoms with van der Waals surface area (Å²) in [6.07, 6.45) is 4.52. The van der Waals surface area contributed by atoms with E-state index in [0.29, 0.717) is 24.3 Å². The molecule has 0 atom stereocenters. The third-order valence-electron chi connectivity index (χ3n) is 3.64. The molecule has 0 aliphatic heterocycles. The number of ketones is 1. The van der Waals surface area contributed by atoms with Crippen LogP contribution < -0.4 is 0 Å². The topological polar surface area (TPSA) is 23.6 Å². The Kier molecular flexibility index (Phi) is 4.29. The van der Waals surface area contributed by atoms with Crippen LogP contribution in [-0.2, 0) is 4.79 Å². The molecule has 1 aliphatic rings. The van der Waals surface area contributed by atoms with Crippen LogP contribution in [0.5, 0.6) is 0 Å². The first-order chi connectivity index (χ1) is 7.00. The van der Waals surface area contributed by atoms with Crippen molar-refractivity contribution in [3.63, 3.8) is 0 Å². The summed E-state index contributed by atoms with van der Waals surface area (Å²) in [5.74, 6) is 0.339. The molecular formula is C12H24N2O. The van der Waals surface area contributed by atoms with Crippen LogP contribution in [0.4, 0.5) is 0 Å². The molecule has 1 rings (SSSR count). The van der Waals surface area contributed by atoms with Gasteiger partial charge in [0.25, 0.3) is 0 Å². The van der Waals surface area contributed by atoms with Gasteiger partial charge in [-0.3, -0.25) is 9.69 Å². The van der Waals surface area contributed by atoms with E-state index in [2.05, 4.69) is 30.9 Å². The molecule has 0 aromatic carbocycles. The lowest BCUT2D eigenvalue weighted by Crippen LogP contribution is -2.57. The maximum absolute atomic E-state index is 11.3. The molecule has 0 heterocycles. The number of Topliss-reactive ketones (excluding diaryl/α,β-unsaturated/α-hetero) is 1. The molecule has 0 N–H and O–H groups in total. The molecular weight excluding hydrogens is 188 g/mol. The normalized spacial score (nSPS) is 19.3. The molecule has 1 saturated carbocycles. The van der Waals surface area contributed by atoms with Gasteiger partial charge in [0.2, 0.25) is 0 Å². The van der Waals surface area contributed by atoms with Gasteiger partial charge in [0.15, 0.2) is 0 Å². The van der Waals surface area contributed by atoms with E-state index < -0.39 is 0 Å². The molecule has 0 unspecified atom stereocenters. The Bertz CT molecular complexity index is 222. The predicted octanol–water partition coefficient (Wildman–Crippen LogP) is 1.38. The number of rotatable bonds is 6. The monoisotopic (exact) mass is 212 g/mol. The summed E-state index contributed by atoms with van der Waals surface area (Å²) >= 11 is 0. The second kappa shape index (κ2) is 5.08. The highest BCUT2D eigenvalue weighted by molar-refractivity contribution is 5.80. The zero-order chi connectivity index (χ0) is 11.5. The molecule has 0 aromatic rings. The van der Waals surface area contributed by atoms with Gasteiger partial charge in [-0.2, -0.15) is 0 Å². The second-order valence-corrected chi connectivity index (χ2v) is 5.04. The first-order valence-corrected chi connectivity index (χ1v) is 5.88. The minimum atomic E-state index is 0.336. The minimum absolute atomic E-state index is 0.336. The van der Waals surface area contributed by atoms with E-state index in [9.17, 15) is 4.79 Å². The highest BCUT2D eigenvalue weighted by Crippen LogP contribution is 2.36. The largest absolute Gasteiger partial charge is 0.302 e. The van der Waals surface area contributed by atoms with Gasteiger partial charge in [-0.1, -0.05) is 6.92 Å². The number of nitrogens with zero attached hydrogens (tertiary/aromatic N) is 2. The Morgan fingerprint density at radius 3 is 2.20 bits per heavy atom. The molecule has 3 heteroatoms. The van der Waals surface area contributed by atoms with Crippen LogP contribution >= 0.6 is 0 Å². The number of carbonyl (C=O) groups is 1. The number of hydrogen-bond donors (Lipinski definition) is 0. The molecule has 0 bridgehead atoms. The lowest BCUT2D eigenvalue weighted by molar-refractivity contribution is -0.120. The van der Waals surface area contributed by atoms with Crippen molar-refractivity contribution >= 4 is 5.78 Å². The maximum Gasteiger partial charge on any atom is 0.146 e. The molecule has 0 amide bonds. The maximum atomic E-state index is 11.3. The summed E-state index contributed by atoms with van der Waals surface area (Å²) in [4.78, 5) is 15.8. The highest BCUT2D eigenvalue weighted by atomic mass is 16.1. The van der Waals surface area contributed by atoms with Crippen LogP contribution in [0.15, 0.2) is 0 Å². The summed E-state index contributed by atoms with van der Waals surface area (Å²) < 4.78 is 0. The Hall–Kier alpha value is -0.410. The van der Waals surface area contributed by atoms with E-state index in [4.69, 9.17) is 0 Å². The van der Waals surface area contributed by atoms with Gasteiger partial charge in [0.05, 0.1) is 6.54 Å². The fraction of sp³-hybridized carbons (Fsp3) is 0.917. The van der Waals surface area contributed by atoms with Crippen LogP contribution in [0.1, 0.15) is 32.6 Å². The van der Waals surface area contributed by atoms with Crippen LogP contribution in [0.3, 0.4) is 0 Å². The zero-order valence-electron chi connectivity index (χ0n) is 10.5. The first kappa shape index (κ1) is 12.7. The molecule has 0 aromatic heterocycles. The van der Waals surface area contributed by atoms with Gasteiger partial charge in [-0.05, 0) is 40.4 Å². The molecule has 1 aliphatic carbocycles. The quantitative estimate of drug-likeness (QED) is 0.664. The van der Waals surface area contributed by atoms with E-state index in [-0.39, 0.29) is 0 Å². The molecule has 15 heavy (non-hydrogen) atoms. The lowest BCUT2D eigenvalue weighted by Gasteiger charge is -2.49. The fourth-order valence-corrected chi connectivity index (χ4v) is 2.30. The number of carbonyl (C=O) groups excluding carboxylic acids is 1. The fourth-order valence-electron chi connectivity index (χ4n) is 2.30. The van der Waals surface area contributed by atoms with E-state index >= 15 is 0 Å². The number of hydrogen-bond acceptors (Lipinski definition) is 3. The summed E-state index contributed by atoms with van der Waals surface area (Å²) in [6, 6.07) is 0. The molecule has 0 spiro atoms. The van der Waals surface area contributed by atoms with Crippen molar-refractivity contribution in [1.82, 2.24) is 9.80 Å². The van der Waals surface area contributed by atoms with Crippen molar-refractivity contribution in [3.05, 3.63) is 0 Å². The molecule has 0 saturated heterocycles. The van der Waals surface area contributed by atoms with Gasteiger partial charge in [-0.15, -0.1) is 0 Å². The van der Waals surface area contributed by atoms with Crippen molar-refractivity contribution in [1.29, 1.82) is 0 Å². The molecule has 1 fully saturated rings. The van der Waals surface area contributed by atoms with E-state index in [1.807, 2.05) is 6.92 Å². The Morgan fingerprint density at radius 1 is 1.27 bits per heavy atom. The first-order valence-electron chi connectivity index (χ1n) is 5.88. The van der Waals surface area contributed by atoms with Crippen molar-refractivity contribution in [3.8, 4) is 0 Å². The molecule has 0 radical (unpaired) electrons. The van der Waals surface area contributed by atoms with Crippen LogP contribution in [0.25, 0.3) is 0 Å². The number of likely N-dealkylation sites (N-methyl/N-ethyl adjacent to an activating group) is 2. The average Bonchev–Trinajstić information content (AvgIpc) is 2.10. The summed E-state index contributed by atoms with van der Waals surface area (Å²) in [7, 11) is 6.35. The lowest BCUT2D eigenvalue weighted by atomic mass is 9.75. The van der Waals surface area contributed by atoms with Gasteiger partial charge in [-0.25, -0.2) is 0 Å². The van der Waals surface area contributed by atoms with E-state index in [0.717, 1.165) is 6.54 Å². The summed E-state index contributed by atoms with van der Waals surface area (Å²) in [5.41, 5.74) is 0.336.